The molecule has 0 unspecified atom stereocenters. The minimum atomic E-state index is -0.827. The van der Waals surface area contributed by atoms with Gasteiger partial charge in [-0.05, 0) is 37.3 Å². The van der Waals surface area contributed by atoms with Gasteiger partial charge in [0.15, 0.2) is 5.78 Å². The lowest BCUT2D eigenvalue weighted by molar-refractivity contribution is -0.0112. The molecule has 1 saturated heterocycles. The standard InChI is InChI=1S/C19H19N3O3S2/c1-11-21-14-4-3-12(25-2)7-13(14)18(22-11)26-8-15(23)16-5-6-17(27-16)19(24)9-20-10-19/h3-7,20,24H,8-10H2,1-2H3. The molecule has 0 saturated carbocycles. The molecule has 0 radical (unpaired) electrons. The summed E-state index contributed by atoms with van der Waals surface area (Å²) in [7, 11) is 1.62. The van der Waals surface area contributed by atoms with Gasteiger partial charge in [0.1, 0.15) is 22.2 Å². The van der Waals surface area contributed by atoms with Crippen LogP contribution in [-0.4, -0.2) is 46.8 Å². The summed E-state index contributed by atoms with van der Waals surface area (Å²) >= 11 is 2.76. The Bertz CT molecular complexity index is 1010. The summed E-state index contributed by atoms with van der Waals surface area (Å²) in [6, 6.07) is 9.29. The highest BCUT2D eigenvalue weighted by Gasteiger charge is 2.37. The third-order valence-electron chi connectivity index (χ3n) is 4.49. The van der Waals surface area contributed by atoms with Gasteiger partial charge < -0.3 is 15.2 Å². The zero-order chi connectivity index (χ0) is 19.0. The average Bonchev–Trinajstić information content (AvgIpc) is 3.14. The van der Waals surface area contributed by atoms with Crippen LogP contribution in [-0.2, 0) is 5.60 Å². The summed E-state index contributed by atoms with van der Waals surface area (Å²) in [5.41, 5.74) is 0.00344. The van der Waals surface area contributed by atoms with E-state index in [0.29, 0.717) is 23.8 Å². The van der Waals surface area contributed by atoms with Crippen molar-refractivity contribution < 1.29 is 14.6 Å². The van der Waals surface area contributed by atoms with Crippen molar-refractivity contribution in [1.82, 2.24) is 15.3 Å². The molecular weight excluding hydrogens is 382 g/mol. The van der Waals surface area contributed by atoms with Crippen LogP contribution in [0.1, 0.15) is 20.4 Å². The van der Waals surface area contributed by atoms with Crippen molar-refractivity contribution in [3.63, 3.8) is 0 Å². The average molecular weight is 402 g/mol. The number of hydrogen-bond donors (Lipinski definition) is 2. The first-order valence-corrected chi connectivity index (χ1v) is 10.3. The van der Waals surface area contributed by atoms with Gasteiger partial charge in [-0.1, -0.05) is 11.8 Å². The number of carbonyl (C=O) groups is 1. The first-order chi connectivity index (χ1) is 13.0. The normalized spacial score (nSPS) is 15.5. The number of Topliss-reactive ketones (excluding diaryl/α,β-unsaturated/α-hetero) is 1. The third kappa shape index (κ3) is 3.58. The number of ketones is 1. The first kappa shape index (κ1) is 18.4. The smallest absolute Gasteiger partial charge is 0.183 e. The summed E-state index contributed by atoms with van der Waals surface area (Å²) in [5.74, 6) is 1.70. The van der Waals surface area contributed by atoms with E-state index in [0.717, 1.165) is 26.6 Å². The lowest BCUT2D eigenvalue weighted by Crippen LogP contribution is -2.56. The SMILES string of the molecule is COc1ccc2nc(C)nc(SCC(=O)c3ccc(C4(O)CNC4)s3)c2c1. The van der Waals surface area contributed by atoms with Crippen molar-refractivity contribution in [3.8, 4) is 5.75 Å². The minimum absolute atomic E-state index is 0.0273. The number of ether oxygens (including phenoxy) is 1. The molecule has 0 bridgehead atoms. The molecular formula is C19H19N3O3S2. The number of nitrogens with one attached hydrogen (secondary N) is 1. The highest BCUT2D eigenvalue weighted by molar-refractivity contribution is 8.00. The van der Waals surface area contributed by atoms with Gasteiger partial charge >= 0.3 is 0 Å². The minimum Gasteiger partial charge on any atom is -0.497 e. The fourth-order valence-corrected chi connectivity index (χ4v) is 4.97. The molecule has 1 fully saturated rings. The van der Waals surface area contributed by atoms with E-state index in [4.69, 9.17) is 4.74 Å². The van der Waals surface area contributed by atoms with Crippen molar-refractivity contribution >= 4 is 39.8 Å². The summed E-state index contributed by atoms with van der Waals surface area (Å²) in [5, 5.41) is 15.1. The maximum atomic E-state index is 12.6. The Morgan fingerprint density at radius 1 is 1.33 bits per heavy atom. The second-order valence-corrected chi connectivity index (χ2v) is 8.52. The molecule has 2 N–H and O–H groups in total. The van der Waals surface area contributed by atoms with Gasteiger partial charge in [0, 0.05) is 23.4 Å². The highest BCUT2D eigenvalue weighted by Crippen LogP contribution is 2.33. The zero-order valence-corrected chi connectivity index (χ0v) is 16.6. The van der Waals surface area contributed by atoms with Crippen LogP contribution in [0.15, 0.2) is 35.4 Å². The van der Waals surface area contributed by atoms with Crippen LogP contribution in [0.3, 0.4) is 0 Å². The lowest BCUT2D eigenvalue weighted by Gasteiger charge is -2.36. The van der Waals surface area contributed by atoms with E-state index in [-0.39, 0.29) is 11.5 Å². The van der Waals surface area contributed by atoms with E-state index >= 15 is 0 Å². The number of β-amino-alcohol motifs (C(OH)–C–C–N with tert-alkyl or cyclic N) is 1. The van der Waals surface area contributed by atoms with E-state index in [2.05, 4.69) is 15.3 Å². The number of benzene rings is 1. The number of carbonyl (C=O) groups excluding carboxylic acids is 1. The molecule has 0 aliphatic carbocycles. The van der Waals surface area contributed by atoms with Gasteiger partial charge in [-0.15, -0.1) is 11.3 Å². The first-order valence-electron chi connectivity index (χ1n) is 8.50. The lowest BCUT2D eigenvalue weighted by atomic mass is 9.95. The number of methoxy groups -OCH3 is 1. The molecule has 140 valence electrons. The Labute approximate surface area is 165 Å². The van der Waals surface area contributed by atoms with E-state index in [1.807, 2.05) is 31.2 Å². The van der Waals surface area contributed by atoms with E-state index in [9.17, 15) is 9.90 Å². The van der Waals surface area contributed by atoms with Gasteiger partial charge in [-0.3, -0.25) is 4.79 Å². The van der Waals surface area contributed by atoms with Gasteiger partial charge in [-0.2, -0.15) is 0 Å². The number of rotatable bonds is 6. The molecule has 1 aliphatic heterocycles. The molecule has 4 rings (SSSR count). The zero-order valence-electron chi connectivity index (χ0n) is 15.0. The number of aromatic nitrogens is 2. The second kappa shape index (κ2) is 7.20. The molecule has 0 atom stereocenters. The Morgan fingerprint density at radius 2 is 2.15 bits per heavy atom. The second-order valence-electron chi connectivity index (χ2n) is 6.47. The van der Waals surface area contributed by atoms with E-state index in [1.165, 1.54) is 23.1 Å². The maximum Gasteiger partial charge on any atom is 0.183 e. The summed E-state index contributed by atoms with van der Waals surface area (Å²) in [4.78, 5) is 23.1. The summed E-state index contributed by atoms with van der Waals surface area (Å²) < 4.78 is 5.29. The maximum absolute atomic E-state index is 12.6. The highest BCUT2D eigenvalue weighted by atomic mass is 32.2. The van der Waals surface area contributed by atoms with Crippen molar-refractivity contribution in [1.29, 1.82) is 0 Å². The van der Waals surface area contributed by atoms with Crippen molar-refractivity contribution in [2.75, 3.05) is 26.0 Å². The van der Waals surface area contributed by atoms with Gasteiger partial charge in [0.2, 0.25) is 0 Å². The molecule has 2 aromatic heterocycles. The van der Waals surface area contributed by atoms with Crippen LogP contribution in [0.4, 0.5) is 0 Å². The molecule has 0 spiro atoms. The number of fused-ring (bicyclic) bond motifs is 1. The predicted molar refractivity (Wildman–Crippen MR) is 107 cm³/mol. The van der Waals surface area contributed by atoms with E-state index < -0.39 is 5.60 Å². The largest absolute Gasteiger partial charge is 0.497 e. The Hall–Kier alpha value is -2.00. The fraction of sp³-hybridized carbons (Fsp3) is 0.316. The fourth-order valence-electron chi connectivity index (χ4n) is 2.91. The molecule has 0 amide bonds. The Kier molecular flexibility index (Phi) is 4.90. The molecule has 1 aromatic carbocycles. The number of aryl methyl sites for hydroxylation is 1. The third-order valence-corrected chi connectivity index (χ3v) is 6.80. The quantitative estimate of drug-likeness (QED) is 0.373. The molecule has 3 aromatic rings. The number of nitrogens with zero attached hydrogens (tertiary/aromatic N) is 2. The Balaban J connectivity index is 1.53. The molecule has 1 aliphatic rings. The van der Waals surface area contributed by atoms with Gasteiger partial charge in [0.25, 0.3) is 0 Å². The van der Waals surface area contributed by atoms with Gasteiger partial charge in [-0.25, -0.2) is 9.97 Å². The molecule has 27 heavy (non-hydrogen) atoms. The predicted octanol–water partition coefficient (Wildman–Crippen LogP) is 2.77. The van der Waals surface area contributed by atoms with Crippen LogP contribution >= 0.6 is 23.1 Å². The van der Waals surface area contributed by atoms with Gasteiger partial charge in [0.05, 0.1) is 23.3 Å². The monoisotopic (exact) mass is 401 g/mol. The van der Waals surface area contributed by atoms with Crippen molar-refractivity contribution in [2.24, 2.45) is 0 Å². The number of thioether (sulfide) groups is 1. The number of thiophene rings is 1. The number of hydrogen-bond acceptors (Lipinski definition) is 8. The van der Waals surface area contributed by atoms with Crippen molar-refractivity contribution in [2.45, 2.75) is 17.6 Å². The summed E-state index contributed by atoms with van der Waals surface area (Å²) in [6.07, 6.45) is 0. The molecule has 3 heterocycles. The van der Waals surface area contributed by atoms with E-state index in [1.54, 1.807) is 13.2 Å². The van der Waals surface area contributed by atoms with Crippen LogP contribution in [0.25, 0.3) is 10.9 Å². The topological polar surface area (TPSA) is 84.3 Å². The van der Waals surface area contributed by atoms with Crippen molar-refractivity contribution in [3.05, 3.63) is 45.9 Å². The van der Waals surface area contributed by atoms with Crippen LogP contribution in [0.2, 0.25) is 0 Å². The molecule has 6 nitrogen and oxygen atoms in total. The van der Waals surface area contributed by atoms with Crippen LogP contribution < -0.4 is 10.1 Å². The Morgan fingerprint density at radius 3 is 2.85 bits per heavy atom. The van der Waals surface area contributed by atoms with Crippen LogP contribution in [0, 0.1) is 6.92 Å². The number of aliphatic hydroxyl groups is 1. The molecule has 8 heteroatoms. The summed E-state index contributed by atoms with van der Waals surface area (Å²) in [6.45, 7) is 2.91. The van der Waals surface area contributed by atoms with Crippen LogP contribution in [0.5, 0.6) is 5.75 Å².